The number of esters is 1. The van der Waals surface area contributed by atoms with Crippen molar-refractivity contribution < 1.29 is 18.9 Å². The molecule has 0 amide bonds. The molecule has 7 heteroatoms. The molecule has 7 nitrogen and oxygen atoms in total. The summed E-state index contributed by atoms with van der Waals surface area (Å²) >= 11 is 0. The quantitative estimate of drug-likeness (QED) is 0.174. The number of ether oxygens (including phenoxy) is 1. The fraction of sp³-hybridized carbons (Fsp3) is 0.0476. The molecule has 3 aromatic carbocycles. The van der Waals surface area contributed by atoms with Crippen LogP contribution in [0, 0.1) is 10.1 Å². The van der Waals surface area contributed by atoms with Gasteiger partial charge in [0.05, 0.1) is 10.5 Å². The van der Waals surface area contributed by atoms with Gasteiger partial charge in [-0.25, -0.2) is 9.59 Å². The van der Waals surface area contributed by atoms with Gasteiger partial charge in [-0.15, -0.1) is 0 Å². The highest BCUT2D eigenvalue weighted by Crippen LogP contribution is 2.28. The fourth-order valence-electron chi connectivity index (χ4n) is 3.11. The Morgan fingerprint density at radius 1 is 1.04 bits per heavy atom. The van der Waals surface area contributed by atoms with Crippen LogP contribution in [0.2, 0.25) is 0 Å². The van der Waals surface area contributed by atoms with Crippen LogP contribution in [0.3, 0.4) is 0 Å². The summed E-state index contributed by atoms with van der Waals surface area (Å²) in [5.41, 5.74) is 0.205. The Bertz CT molecular complexity index is 1290. The van der Waals surface area contributed by atoms with E-state index in [2.05, 4.69) is 0 Å². The van der Waals surface area contributed by atoms with Crippen LogP contribution in [-0.4, -0.2) is 10.9 Å². The van der Waals surface area contributed by atoms with Gasteiger partial charge in [-0.2, -0.15) is 0 Å². The van der Waals surface area contributed by atoms with Crippen LogP contribution in [0.25, 0.3) is 21.7 Å². The summed E-state index contributed by atoms with van der Waals surface area (Å²) in [6.45, 7) is -0.169. The van der Waals surface area contributed by atoms with Crippen LogP contribution in [0.4, 0.5) is 5.69 Å². The molecule has 0 aliphatic rings. The Morgan fingerprint density at radius 2 is 1.86 bits per heavy atom. The standard InChI is InChI=1S/C21H13NO6/c23-19-11-15(12-27-21(24)14-5-3-6-16(10-14)22(25)26)20-17-7-2-1-4-13(17)8-9-18(20)28-19/h1-11H,12H2. The molecule has 1 aromatic heterocycles. The first-order valence-electron chi connectivity index (χ1n) is 8.39. The third kappa shape index (κ3) is 3.21. The van der Waals surface area contributed by atoms with Crippen LogP contribution in [0.15, 0.2) is 75.9 Å². The molecular formula is C21H13NO6. The summed E-state index contributed by atoms with van der Waals surface area (Å²) in [5.74, 6) is -0.717. The lowest BCUT2D eigenvalue weighted by Crippen LogP contribution is -2.08. The number of nitro groups is 1. The minimum atomic E-state index is -0.717. The zero-order valence-electron chi connectivity index (χ0n) is 14.5. The lowest BCUT2D eigenvalue weighted by Gasteiger charge is -2.09. The molecule has 4 rings (SSSR count). The Morgan fingerprint density at radius 3 is 2.68 bits per heavy atom. The largest absolute Gasteiger partial charge is 0.457 e. The van der Waals surface area contributed by atoms with Crippen molar-refractivity contribution in [2.45, 2.75) is 6.61 Å². The van der Waals surface area contributed by atoms with Crippen LogP contribution in [-0.2, 0) is 11.3 Å². The monoisotopic (exact) mass is 375 g/mol. The first-order valence-corrected chi connectivity index (χ1v) is 8.39. The number of hydrogen-bond donors (Lipinski definition) is 0. The first kappa shape index (κ1) is 17.4. The Kier molecular flexibility index (Phi) is 4.33. The number of rotatable bonds is 4. The molecule has 138 valence electrons. The molecule has 1 heterocycles. The van der Waals surface area contributed by atoms with Crippen molar-refractivity contribution in [3.63, 3.8) is 0 Å². The van der Waals surface area contributed by atoms with Gasteiger partial charge in [-0.3, -0.25) is 10.1 Å². The zero-order chi connectivity index (χ0) is 19.7. The molecule has 0 aliphatic carbocycles. The van der Waals surface area contributed by atoms with Crippen molar-refractivity contribution in [3.05, 3.63) is 98.4 Å². The van der Waals surface area contributed by atoms with Crippen molar-refractivity contribution in [3.8, 4) is 0 Å². The van der Waals surface area contributed by atoms with E-state index >= 15 is 0 Å². The molecule has 0 aliphatic heterocycles. The highest BCUT2D eigenvalue weighted by Gasteiger charge is 2.15. The third-order valence-electron chi connectivity index (χ3n) is 4.37. The van der Waals surface area contributed by atoms with E-state index in [4.69, 9.17) is 9.15 Å². The van der Waals surface area contributed by atoms with Gasteiger partial charge in [-0.05, 0) is 22.9 Å². The number of fused-ring (bicyclic) bond motifs is 3. The van der Waals surface area contributed by atoms with Gasteiger partial charge in [0.25, 0.3) is 5.69 Å². The lowest BCUT2D eigenvalue weighted by atomic mass is 10.0. The number of non-ortho nitro benzene ring substituents is 1. The number of carbonyl (C=O) groups excluding carboxylic acids is 1. The SMILES string of the molecule is O=C(OCc1cc(=O)oc2ccc3ccccc3c12)c1cccc([N+](=O)[O-])c1. The van der Waals surface area contributed by atoms with Crippen LogP contribution < -0.4 is 5.63 Å². The normalized spacial score (nSPS) is 10.9. The predicted octanol–water partition coefficient (Wildman–Crippen LogP) is 4.21. The average Bonchev–Trinajstić information content (AvgIpc) is 2.71. The van der Waals surface area contributed by atoms with E-state index in [0.717, 1.165) is 16.8 Å². The van der Waals surface area contributed by atoms with E-state index in [0.29, 0.717) is 16.5 Å². The lowest BCUT2D eigenvalue weighted by molar-refractivity contribution is -0.384. The van der Waals surface area contributed by atoms with Gasteiger partial charge in [0.1, 0.15) is 12.2 Å². The van der Waals surface area contributed by atoms with Crippen molar-refractivity contribution >= 4 is 33.4 Å². The van der Waals surface area contributed by atoms with Crippen LogP contribution in [0.5, 0.6) is 0 Å². The van der Waals surface area contributed by atoms with Gasteiger partial charge in [0.2, 0.25) is 0 Å². The second kappa shape index (κ2) is 6.96. The number of nitrogens with zero attached hydrogens (tertiary/aromatic N) is 1. The van der Waals surface area contributed by atoms with Crippen molar-refractivity contribution in [2.24, 2.45) is 0 Å². The van der Waals surface area contributed by atoms with E-state index in [9.17, 15) is 19.7 Å². The molecule has 0 N–H and O–H groups in total. The van der Waals surface area contributed by atoms with Crippen molar-refractivity contribution in [1.29, 1.82) is 0 Å². The van der Waals surface area contributed by atoms with E-state index in [1.807, 2.05) is 30.3 Å². The second-order valence-corrected chi connectivity index (χ2v) is 6.13. The van der Waals surface area contributed by atoms with Crippen molar-refractivity contribution in [2.75, 3.05) is 0 Å². The maximum atomic E-state index is 12.3. The van der Waals surface area contributed by atoms with E-state index in [-0.39, 0.29) is 17.9 Å². The fourth-order valence-corrected chi connectivity index (χ4v) is 3.11. The number of carbonyl (C=O) groups is 1. The zero-order valence-corrected chi connectivity index (χ0v) is 14.5. The minimum absolute atomic E-state index is 0.0614. The summed E-state index contributed by atoms with van der Waals surface area (Å²) in [6.07, 6.45) is 0. The Hall–Kier alpha value is -4.00. The summed E-state index contributed by atoms with van der Waals surface area (Å²) in [4.78, 5) is 34.5. The Balaban J connectivity index is 1.71. The predicted molar refractivity (Wildman–Crippen MR) is 102 cm³/mol. The second-order valence-electron chi connectivity index (χ2n) is 6.13. The summed E-state index contributed by atoms with van der Waals surface area (Å²) in [6, 6.07) is 17.7. The van der Waals surface area contributed by atoms with Gasteiger partial charge < -0.3 is 9.15 Å². The molecule has 0 atom stereocenters. The maximum absolute atomic E-state index is 12.3. The molecule has 4 aromatic rings. The molecule has 0 saturated heterocycles. The third-order valence-corrected chi connectivity index (χ3v) is 4.37. The summed E-state index contributed by atoms with van der Waals surface area (Å²) < 4.78 is 10.6. The molecule has 28 heavy (non-hydrogen) atoms. The molecule has 0 saturated carbocycles. The van der Waals surface area contributed by atoms with Gasteiger partial charge in [-0.1, -0.05) is 36.4 Å². The number of benzene rings is 3. The molecular weight excluding hydrogens is 362 g/mol. The highest BCUT2D eigenvalue weighted by molar-refractivity contribution is 6.07. The highest BCUT2D eigenvalue weighted by atomic mass is 16.6. The number of hydrogen-bond acceptors (Lipinski definition) is 6. The van der Waals surface area contributed by atoms with E-state index in [1.165, 1.54) is 24.3 Å². The molecule has 0 unspecified atom stereocenters. The smallest absolute Gasteiger partial charge is 0.338 e. The first-order chi connectivity index (χ1) is 13.5. The average molecular weight is 375 g/mol. The molecule has 0 bridgehead atoms. The molecule has 0 radical (unpaired) electrons. The molecule has 0 spiro atoms. The maximum Gasteiger partial charge on any atom is 0.338 e. The summed E-state index contributed by atoms with van der Waals surface area (Å²) in [7, 11) is 0. The van der Waals surface area contributed by atoms with E-state index in [1.54, 1.807) is 6.07 Å². The molecule has 0 fully saturated rings. The van der Waals surface area contributed by atoms with Gasteiger partial charge in [0, 0.05) is 29.1 Å². The minimum Gasteiger partial charge on any atom is -0.457 e. The topological polar surface area (TPSA) is 99.7 Å². The van der Waals surface area contributed by atoms with Gasteiger partial charge in [0.15, 0.2) is 0 Å². The van der Waals surface area contributed by atoms with E-state index < -0.39 is 16.5 Å². The van der Waals surface area contributed by atoms with Crippen LogP contribution in [0.1, 0.15) is 15.9 Å². The number of nitro benzene ring substituents is 1. The van der Waals surface area contributed by atoms with Crippen LogP contribution >= 0.6 is 0 Å². The van der Waals surface area contributed by atoms with Crippen molar-refractivity contribution in [1.82, 2.24) is 0 Å². The Labute approximate surface area is 157 Å². The summed E-state index contributed by atoms with van der Waals surface area (Å²) in [5, 5.41) is 13.4. The van der Waals surface area contributed by atoms with Gasteiger partial charge >= 0.3 is 11.6 Å².